The Morgan fingerprint density at radius 2 is 1.21 bits per heavy atom. The molecular weight excluding hydrogens is 377 g/mol. The molecule has 2 rings (SSSR count). The summed E-state index contributed by atoms with van der Waals surface area (Å²) in [6.07, 6.45) is 0.471. The fraction of sp³-hybridized carbons (Fsp3) is 0.476. The molecule has 7 heteroatoms. The van der Waals surface area contributed by atoms with Gasteiger partial charge in [-0.2, -0.15) is 0 Å². The third kappa shape index (κ3) is 3.77. The molecule has 1 aromatic rings. The third-order valence-electron chi connectivity index (χ3n) is 4.73. The van der Waals surface area contributed by atoms with Crippen LogP contribution in [0.1, 0.15) is 48.5 Å². The fourth-order valence-corrected chi connectivity index (χ4v) is 3.20. The van der Waals surface area contributed by atoms with Crippen LogP contribution in [0.3, 0.4) is 0 Å². The van der Waals surface area contributed by atoms with Crippen LogP contribution < -0.4 is 0 Å². The lowest BCUT2D eigenvalue weighted by atomic mass is 9.71. The Morgan fingerprint density at radius 1 is 0.786 bits per heavy atom. The Morgan fingerprint density at radius 3 is 1.61 bits per heavy atom. The predicted octanol–water partition coefficient (Wildman–Crippen LogP) is 6.16. The van der Waals surface area contributed by atoms with Crippen LogP contribution in [-0.2, 0) is 0 Å². The first-order chi connectivity index (χ1) is 12.6. The van der Waals surface area contributed by atoms with Gasteiger partial charge in [-0.05, 0) is 34.5 Å². The first-order valence-electron chi connectivity index (χ1n) is 8.81. The number of nitrogens with zero attached hydrogens (tertiary/aromatic N) is 1. The van der Waals surface area contributed by atoms with Gasteiger partial charge in [-0.25, -0.2) is 26.9 Å². The van der Waals surface area contributed by atoms with E-state index in [0.717, 1.165) is 5.57 Å². The molecule has 0 saturated heterocycles. The molecule has 1 N–H and O–H groups in total. The van der Waals surface area contributed by atoms with Gasteiger partial charge in [-0.3, -0.25) is 0 Å². The van der Waals surface area contributed by atoms with Crippen LogP contribution in [0.5, 0.6) is 0 Å². The second-order valence-corrected chi connectivity index (χ2v) is 8.96. The van der Waals surface area contributed by atoms with Crippen molar-refractivity contribution in [2.75, 3.05) is 0 Å². The first kappa shape index (κ1) is 22.3. The van der Waals surface area contributed by atoms with Gasteiger partial charge in [0, 0.05) is 0 Å². The van der Waals surface area contributed by atoms with Crippen molar-refractivity contribution in [1.82, 2.24) is 0 Å². The van der Waals surface area contributed by atoms with Crippen LogP contribution in [0.2, 0.25) is 0 Å². The molecule has 1 aliphatic carbocycles. The molecule has 0 saturated carbocycles. The number of allylic oxidation sites excluding steroid dienone is 2. The molecular formula is C21H24F5NO. The molecule has 1 aliphatic rings. The average molecular weight is 401 g/mol. The molecule has 2 nitrogen and oxygen atoms in total. The summed E-state index contributed by atoms with van der Waals surface area (Å²) in [4.78, 5) is 3.74. The van der Waals surface area contributed by atoms with Crippen LogP contribution in [0.25, 0.3) is 0 Å². The Balaban J connectivity index is 2.85. The maximum atomic E-state index is 14.1. The van der Waals surface area contributed by atoms with Crippen molar-refractivity contribution in [3.05, 3.63) is 51.9 Å². The highest BCUT2D eigenvalue weighted by Gasteiger charge is 2.36. The second kappa shape index (κ2) is 7.10. The van der Waals surface area contributed by atoms with Crippen molar-refractivity contribution in [1.29, 1.82) is 0 Å². The van der Waals surface area contributed by atoms with Gasteiger partial charge in [0.25, 0.3) is 0 Å². The molecule has 0 fully saturated rings. The molecule has 0 bridgehead atoms. The van der Waals surface area contributed by atoms with E-state index >= 15 is 0 Å². The maximum absolute atomic E-state index is 14.1. The highest BCUT2D eigenvalue weighted by atomic mass is 19.2. The van der Waals surface area contributed by atoms with Crippen molar-refractivity contribution < 1.29 is 27.1 Å². The topological polar surface area (TPSA) is 32.6 Å². The quantitative estimate of drug-likeness (QED) is 0.341. The lowest BCUT2D eigenvalue weighted by Crippen LogP contribution is -2.35. The predicted molar refractivity (Wildman–Crippen MR) is 99.0 cm³/mol. The van der Waals surface area contributed by atoms with E-state index in [1.807, 2.05) is 47.6 Å². The molecule has 0 heterocycles. The Hall–Kier alpha value is -2.02. The van der Waals surface area contributed by atoms with E-state index < -0.39 is 51.7 Å². The van der Waals surface area contributed by atoms with Crippen molar-refractivity contribution in [3.8, 4) is 0 Å². The first-order valence-corrected chi connectivity index (χ1v) is 8.81. The van der Waals surface area contributed by atoms with E-state index in [-0.39, 0.29) is 5.71 Å². The van der Waals surface area contributed by atoms with Gasteiger partial charge < -0.3 is 5.11 Å². The van der Waals surface area contributed by atoms with Crippen molar-refractivity contribution in [2.45, 2.75) is 54.6 Å². The van der Waals surface area contributed by atoms with Crippen molar-refractivity contribution >= 4 is 11.4 Å². The highest BCUT2D eigenvalue weighted by molar-refractivity contribution is 6.08. The summed E-state index contributed by atoms with van der Waals surface area (Å²) < 4.78 is 68.7. The van der Waals surface area contributed by atoms with E-state index in [9.17, 15) is 27.1 Å². The summed E-state index contributed by atoms with van der Waals surface area (Å²) in [7, 11) is 0. The van der Waals surface area contributed by atoms with E-state index in [1.54, 1.807) is 6.92 Å². The molecule has 28 heavy (non-hydrogen) atoms. The zero-order valence-corrected chi connectivity index (χ0v) is 16.9. The van der Waals surface area contributed by atoms with Gasteiger partial charge in [-0.1, -0.05) is 47.6 Å². The van der Waals surface area contributed by atoms with Crippen LogP contribution >= 0.6 is 0 Å². The second-order valence-electron chi connectivity index (χ2n) is 8.96. The van der Waals surface area contributed by atoms with Gasteiger partial charge in [0.15, 0.2) is 23.3 Å². The van der Waals surface area contributed by atoms with Crippen molar-refractivity contribution in [2.24, 2.45) is 15.8 Å². The molecule has 1 unspecified atom stereocenters. The molecule has 0 aliphatic heterocycles. The van der Waals surface area contributed by atoms with Crippen LogP contribution in [-0.4, -0.2) is 16.9 Å². The molecule has 0 aromatic heterocycles. The minimum atomic E-state index is -2.25. The molecule has 1 aromatic carbocycles. The summed E-state index contributed by atoms with van der Waals surface area (Å²) in [6.45, 7) is 12.9. The Kier molecular flexibility index (Phi) is 5.65. The molecule has 1 atom stereocenters. The SMILES string of the molecule is CC1=C(C(C)(C)C)C=C(C(C)(C)C)C(O)C1=Nc1c(F)c(F)c(F)c(F)c1F. The maximum Gasteiger partial charge on any atom is 0.200 e. The summed E-state index contributed by atoms with van der Waals surface area (Å²) in [5.74, 6) is -10.5. The number of hydrogen-bond acceptors (Lipinski definition) is 2. The highest BCUT2D eigenvalue weighted by Crippen LogP contribution is 2.41. The zero-order chi connectivity index (χ0) is 21.8. The van der Waals surface area contributed by atoms with Gasteiger partial charge in [-0.15, -0.1) is 0 Å². The molecule has 0 amide bonds. The largest absolute Gasteiger partial charge is 0.382 e. The zero-order valence-electron chi connectivity index (χ0n) is 16.9. The minimum absolute atomic E-state index is 0.138. The summed E-state index contributed by atoms with van der Waals surface area (Å²) >= 11 is 0. The van der Waals surface area contributed by atoms with Crippen molar-refractivity contribution in [3.63, 3.8) is 0 Å². The van der Waals surface area contributed by atoms with E-state index in [0.29, 0.717) is 11.1 Å². The number of hydrogen-bond donors (Lipinski definition) is 1. The van der Waals surface area contributed by atoms with Gasteiger partial charge >= 0.3 is 0 Å². The lowest BCUT2D eigenvalue weighted by Gasteiger charge is -2.36. The normalized spacial score (nSPS) is 20.1. The van der Waals surface area contributed by atoms with Crippen LogP contribution in [0, 0.1) is 39.9 Å². The minimum Gasteiger partial charge on any atom is -0.382 e. The molecule has 154 valence electrons. The van der Waals surface area contributed by atoms with Crippen LogP contribution in [0.4, 0.5) is 27.6 Å². The summed E-state index contributed by atoms with van der Waals surface area (Å²) in [5, 5.41) is 10.8. The number of aliphatic imine (C=N–C) groups is 1. The summed E-state index contributed by atoms with van der Waals surface area (Å²) in [6, 6.07) is 0. The van der Waals surface area contributed by atoms with E-state index in [1.165, 1.54) is 0 Å². The monoisotopic (exact) mass is 401 g/mol. The van der Waals surface area contributed by atoms with Gasteiger partial charge in [0.05, 0.1) is 5.71 Å². The number of benzene rings is 1. The standard InChI is InChI=1S/C21H24F5NO/c1-9-10(20(2,3)4)8-11(21(5,6)7)19(28)17(9)27-18-15(25)13(23)12(22)14(24)16(18)26/h8,19,28H,1-7H3. The average Bonchev–Trinajstić information content (AvgIpc) is 2.55. The number of rotatable bonds is 1. The van der Waals surface area contributed by atoms with E-state index in [4.69, 9.17) is 0 Å². The Labute approximate surface area is 161 Å². The number of aliphatic hydroxyl groups excluding tert-OH is 1. The van der Waals surface area contributed by atoms with E-state index in [2.05, 4.69) is 4.99 Å². The lowest BCUT2D eigenvalue weighted by molar-refractivity contribution is 0.243. The smallest absolute Gasteiger partial charge is 0.200 e. The van der Waals surface area contributed by atoms with Gasteiger partial charge in [0.1, 0.15) is 11.8 Å². The molecule has 0 radical (unpaired) electrons. The molecule has 0 spiro atoms. The number of halogens is 5. The number of aliphatic hydroxyl groups is 1. The third-order valence-corrected chi connectivity index (χ3v) is 4.73. The van der Waals surface area contributed by atoms with Crippen LogP contribution in [0.15, 0.2) is 27.8 Å². The van der Waals surface area contributed by atoms with Gasteiger partial charge in [0.2, 0.25) is 5.82 Å². The summed E-state index contributed by atoms with van der Waals surface area (Å²) in [5.41, 5.74) is -0.659. The Bertz CT molecular complexity index is 885. The fourth-order valence-electron chi connectivity index (χ4n) is 3.20.